The maximum absolute atomic E-state index is 12.2. The van der Waals surface area contributed by atoms with Gasteiger partial charge in [-0.05, 0) is 44.9 Å². The number of hydrogen-bond acceptors (Lipinski definition) is 4. The van der Waals surface area contributed by atoms with Crippen LogP contribution in [0.3, 0.4) is 0 Å². The van der Waals surface area contributed by atoms with E-state index in [1.807, 2.05) is 19.2 Å². The highest BCUT2D eigenvalue weighted by molar-refractivity contribution is 7.14. The number of rotatable bonds is 5. The molecule has 0 bridgehead atoms. The average Bonchev–Trinajstić information content (AvgIpc) is 3.02. The minimum atomic E-state index is -0.126. The van der Waals surface area contributed by atoms with Gasteiger partial charge < -0.3 is 0 Å². The van der Waals surface area contributed by atoms with E-state index in [1.165, 1.54) is 9.75 Å². The quantitative estimate of drug-likeness (QED) is 0.631. The first-order chi connectivity index (χ1) is 10.0. The average molecular weight is 320 g/mol. The molecule has 0 saturated heterocycles. The van der Waals surface area contributed by atoms with Crippen LogP contribution in [0.25, 0.3) is 0 Å². The van der Waals surface area contributed by atoms with Crippen molar-refractivity contribution < 1.29 is 4.79 Å². The van der Waals surface area contributed by atoms with Gasteiger partial charge in [0.05, 0.1) is 16.2 Å². The Kier molecular flexibility index (Phi) is 5.31. The van der Waals surface area contributed by atoms with E-state index in [0.717, 1.165) is 34.6 Å². The molecule has 0 saturated carbocycles. The summed E-state index contributed by atoms with van der Waals surface area (Å²) in [5, 5.41) is 6.25. The molecular formula is C16H20N2OS2. The lowest BCUT2D eigenvalue weighted by atomic mass is 10.2. The summed E-state index contributed by atoms with van der Waals surface area (Å²) in [6.45, 7) is 8.19. The van der Waals surface area contributed by atoms with Crippen LogP contribution in [0.15, 0.2) is 22.6 Å². The van der Waals surface area contributed by atoms with Gasteiger partial charge in [-0.3, -0.25) is 4.79 Å². The summed E-state index contributed by atoms with van der Waals surface area (Å²) in [6, 6.07) is 4.15. The molecule has 112 valence electrons. The first kappa shape index (κ1) is 15.9. The molecule has 2 aromatic rings. The number of hydrazone groups is 1. The molecular weight excluding hydrogens is 300 g/mol. The highest BCUT2D eigenvalue weighted by Gasteiger charge is 2.13. The Morgan fingerprint density at radius 2 is 2.05 bits per heavy atom. The highest BCUT2D eigenvalue weighted by atomic mass is 32.1. The molecule has 0 unspecified atom stereocenters. The minimum absolute atomic E-state index is 0.126. The van der Waals surface area contributed by atoms with Crippen LogP contribution >= 0.6 is 22.7 Å². The zero-order valence-corrected chi connectivity index (χ0v) is 14.5. The first-order valence-corrected chi connectivity index (χ1v) is 8.71. The van der Waals surface area contributed by atoms with Gasteiger partial charge >= 0.3 is 0 Å². The smallest absolute Gasteiger partial charge is 0.267 e. The molecule has 1 amide bonds. The second-order valence-electron chi connectivity index (χ2n) is 4.99. The largest absolute Gasteiger partial charge is 0.272 e. The number of nitrogens with one attached hydrogen (secondary N) is 1. The van der Waals surface area contributed by atoms with Crippen LogP contribution in [0.5, 0.6) is 0 Å². The molecule has 0 atom stereocenters. The van der Waals surface area contributed by atoms with Crippen molar-refractivity contribution in [2.45, 2.75) is 40.5 Å². The van der Waals surface area contributed by atoms with Crippen LogP contribution in [0.2, 0.25) is 0 Å². The van der Waals surface area contributed by atoms with Gasteiger partial charge in [0.25, 0.3) is 5.91 Å². The fraction of sp³-hybridized carbons (Fsp3) is 0.375. The third kappa shape index (κ3) is 3.80. The summed E-state index contributed by atoms with van der Waals surface area (Å²) < 4.78 is 0. The van der Waals surface area contributed by atoms with Gasteiger partial charge in [0.15, 0.2) is 0 Å². The van der Waals surface area contributed by atoms with Crippen LogP contribution in [0.1, 0.15) is 50.3 Å². The molecule has 1 N–H and O–H groups in total. The molecule has 0 aromatic carbocycles. The van der Waals surface area contributed by atoms with Crippen LogP contribution in [-0.4, -0.2) is 11.6 Å². The van der Waals surface area contributed by atoms with Crippen LogP contribution in [-0.2, 0) is 0 Å². The Morgan fingerprint density at radius 3 is 2.57 bits per heavy atom. The van der Waals surface area contributed by atoms with Crippen LogP contribution in [0, 0.1) is 20.8 Å². The SMILES string of the molecule is CCCC(=NNC(=O)c1csc(C)c1C)c1ccc(C)s1. The fourth-order valence-electron chi connectivity index (χ4n) is 1.98. The number of thiophene rings is 2. The van der Waals surface area contributed by atoms with E-state index < -0.39 is 0 Å². The summed E-state index contributed by atoms with van der Waals surface area (Å²) in [5.74, 6) is -0.126. The highest BCUT2D eigenvalue weighted by Crippen LogP contribution is 2.21. The molecule has 0 spiro atoms. The van der Waals surface area contributed by atoms with E-state index in [0.29, 0.717) is 0 Å². The van der Waals surface area contributed by atoms with E-state index in [1.54, 1.807) is 22.7 Å². The Bertz CT molecular complexity index is 668. The summed E-state index contributed by atoms with van der Waals surface area (Å²) in [4.78, 5) is 15.8. The van der Waals surface area contributed by atoms with E-state index in [-0.39, 0.29) is 5.91 Å². The second kappa shape index (κ2) is 7.00. The lowest BCUT2D eigenvalue weighted by Gasteiger charge is -2.04. The van der Waals surface area contributed by atoms with Crippen molar-refractivity contribution in [3.05, 3.63) is 43.3 Å². The van der Waals surface area contributed by atoms with E-state index in [2.05, 4.69) is 36.5 Å². The third-order valence-electron chi connectivity index (χ3n) is 3.33. The topological polar surface area (TPSA) is 41.5 Å². The first-order valence-electron chi connectivity index (χ1n) is 7.01. The number of aryl methyl sites for hydroxylation is 2. The molecule has 0 aliphatic heterocycles. The van der Waals surface area contributed by atoms with Crippen molar-refractivity contribution in [1.82, 2.24) is 5.43 Å². The Labute approximate surface area is 133 Å². The van der Waals surface area contributed by atoms with Gasteiger partial charge in [-0.1, -0.05) is 13.3 Å². The van der Waals surface area contributed by atoms with Crippen molar-refractivity contribution in [2.75, 3.05) is 0 Å². The Balaban J connectivity index is 2.16. The van der Waals surface area contributed by atoms with E-state index in [4.69, 9.17) is 0 Å². The molecule has 2 rings (SSSR count). The predicted octanol–water partition coefficient (Wildman–Crippen LogP) is 4.67. The van der Waals surface area contributed by atoms with Crippen molar-refractivity contribution in [3.8, 4) is 0 Å². The van der Waals surface area contributed by atoms with Gasteiger partial charge in [-0.15, -0.1) is 22.7 Å². The number of carbonyl (C=O) groups is 1. The Hall–Kier alpha value is -1.46. The normalized spacial score (nSPS) is 11.7. The number of carbonyl (C=O) groups excluding carboxylic acids is 1. The molecule has 0 radical (unpaired) electrons. The molecule has 3 nitrogen and oxygen atoms in total. The molecule has 2 heterocycles. The Morgan fingerprint density at radius 1 is 1.29 bits per heavy atom. The summed E-state index contributed by atoms with van der Waals surface area (Å²) >= 11 is 3.31. The van der Waals surface area contributed by atoms with Gasteiger partial charge in [-0.2, -0.15) is 5.10 Å². The lowest BCUT2D eigenvalue weighted by molar-refractivity contribution is 0.0954. The van der Waals surface area contributed by atoms with Crippen molar-refractivity contribution in [3.63, 3.8) is 0 Å². The monoisotopic (exact) mass is 320 g/mol. The van der Waals surface area contributed by atoms with E-state index in [9.17, 15) is 4.79 Å². The number of nitrogens with zero attached hydrogens (tertiary/aromatic N) is 1. The summed E-state index contributed by atoms with van der Waals surface area (Å²) in [6.07, 6.45) is 1.87. The molecule has 0 aliphatic rings. The number of hydrogen-bond donors (Lipinski definition) is 1. The standard InChI is InChI=1S/C16H20N2OS2/c1-5-6-14(15-8-7-10(2)21-15)17-18-16(19)13-9-20-12(4)11(13)3/h7-9H,5-6H2,1-4H3,(H,18,19). The summed E-state index contributed by atoms with van der Waals surface area (Å²) in [5.41, 5.74) is 5.42. The lowest BCUT2D eigenvalue weighted by Crippen LogP contribution is -2.20. The molecule has 5 heteroatoms. The number of amides is 1. The van der Waals surface area contributed by atoms with Crippen LogP contribution < -0.4 is 5.43 Å². The van der Waals surface area contributed by atoms with E-state index >= 15 is 0 Å². The summed E-state index contributed by atoms with van der Waals surface area (Å²) in [7, 11) is 0. The molecule has 0 aliphatic carbocycles. The molecule has 0 fully saturated rings. The van der Waals surface area contributed by atoms with Gasteiger partial charge in [0.1, 0.15) is 0 Å². The van der Waals surface area contributed by atoms with Crippen molar-refractivity contribution in [1.29, 1.82) is 0 Å². The van der Waals surface area contributed by atoms with Crippen molar-refractivity contribution >= 4 is 34.3 Å². The van der Waals surface area contributed by atoms with Crippen LogP contribution in [0.4, 0.5) is 0 Å². The maximum atomic E-state index is 12.2. The maximum Gasteiger partial charge on any atom is 0.272 e. The predicted molar refractivity (Wildman–Crippen MR) is 91.8 cm³/mol. The molecule has 2 aromatic heterocycles. The second-order valence-corrected chi connectivity index (χ2v) is 7.36. The van der Waals surface area contributed by atoms with Gasteiger partial charge in [0, 0.05) is 15.1 Å². The van der Waals surface area contributed by atoms with Crippen molar-refractivity contribution in [2.24, 2.45) is 5.10 Å². The zero-order chi connectivity index (χ0) is 15.4. The fourth-order valence-corrected chi connectivity index (χ4v) is 3.73. The third-order valence-corrected chi connectivity index (χ3v) is 5.40. The minimum Gasteiger partial charge on any atom is -0.267 e. The molecule has 21 heavy (non-hydrogen) atoms. The van der Waals surface area contributed by atoms with Gasteiger partial charge in [-0.25, -0.2) is 5.43 Å². The van der Waals surface area contributed by atoms with Gasteiger partial charge in [0.2, 0.25) is 0 Å². The zero-order valence-electron chi connectivity index (χ0n) is 12.8.